The number of carboxylic acid groups (broad SMARTS) is 1. The number of pyridine rings is 1. The number of imidazole rings is 1. The molecule has 0 unspecified atom stereocenters. The minimum atomic E-state index is -0.970. The third-order valence-electron chi connectivity index (χ3n) is 8.77. The number of hydrogen-bond acceptors (Lipinski definition) is 8. The number of aryl methyl sites for hydroxylation is 1. The van der Waals surface area contributed by atoms with E-state index in [1.54, 1.807) is 41.1 Å². The van der Waals surface area contributed by atoms with Gasteiger partial charge in [0.2, 0.25) is 5.88 Å². The molecule has 2 aliphatic rings. The van der Waals surface area contributed by atoms with Crippen LogP contribution < -0.4 is 9.64 Å². The Kier molecular flexibility index (Phi) is 7.39. The van der Waals surface area contributed by atoms with Gasteiger partial charge < -0.3 is 19.3 Å². The molecule has 2 atom stereocenters. The van der Waals surface area contributed by atoms with E-state index in [-0.39, 0.29) is 23.8 Å². The molecule has 0 radical (unpaired) electrons. The van der Waals surface area contributed by atoms with E-state index in [0.29, 0.717) is 30.6 Å². The van der Waals surface area contributed by atoms with Crippen LogP contribution in [0.5, 0.6) is 5.88 Å². The Bertz CT molecular complexity index is 1950. The van der Waals surface area contributed by atoms with Gasteiger partial charge in [-0.05, 0) is 55.3 Å². The van der Waals surface area contributed by atoms with Crippen LogP contribution in [-0.4, -0.2) is 65.5 Å². The van der Waals surface area contributed by atoms with Crippen molar-refractivity contribution in [3.05, 3.63) is 101 Å². The first-order valence-electron chi connectivity index (χ1n) is 14.9. The number of fused-ring (bicyclic) bond motifs is 2. The number of ether oxygens (including phenoxy) is 1. The summed E-state index contributed by atoms with van der Waals surface area (Å²) in [6, 6.07) is 19.5. The van der Waals surface area contributed by atoms with E-state index in [2.05, 4.69) is 19.5 Å². The van der Waals surface area contributed by atoms with Crippen molar-refractivity contribution in [1.29, 1.82) is 5.26 Å². The molecular weight excluding hydrogens is 575 g/mol. The lowest BCUT2D eigenvalue weighted by atomic mass is 9.81. The number of carbonyl (C=O) groups is 1. The van der Waals surface area contributed by atoms with E-state index in [0.717, 1.165) is 54.3 Å². The van der Waals surface area contributed by atoms with Crippen LogP contribution in [0, 0.1) is 17.1 Å². The molecule has 7 rings (SSSR count). The molecule has 11 nitrogen and oxygen atoms in total. The van der Waals surface area contributed by atoms with Gasteiger partial charge in [-0.2, -0.15) is 15.3 Å². The molecule has 1 aliphatic heterocycles. The summed E-state index contributed by atoms with van der Waals surface area (Å²) in [5, 5.41) is 23.2. The van der Waals surface area contributed by atoms with Gasteiger partial charge in [-0.15, -0.1) is 0 Å². The average molecular weight is 607 g/mol. The van der Waals surface area contributed by atoms with E-state index in [9.17, 15) is 14.3 Å². The third kappa shape index (κ3) is 5.58. The molecule has 1 saturated carbocycles. The summed E-state index contributed by atoms with van der Waals surface area (Å²) < 4.78 is 24.0. The predicted molar refractivity (Wildman–Crippen MR) is 163 cm³/mol. The summed E-state index contributed by atoms with van der Waals surface area (Å²) in [5.74, 6) is 0.668. The number of piperazine rings is 1. The highest BCUT2D eigenvalue weighted by Crippen LogP contribution is 2.37. The highest BCUT2D eigenvalue weighted by atomic mass is 19.1. The lowest BCUT2D eigenvalue weighted by molar-refractivity contribution is 0.0624. The summed E-state index contributed by atoms with van der Waals surface area (Å²) in [6.07, 6.45) is 3.99. The van der Waals surface area contributed by atoms with Gasteiger partial charge in [0, 0.05) is 50.0 Å². The number of nitrogens with zero attached hydrogens (tertiary/aromatic N) is 8. The molecule has 1 aliphatic carbocycles. The zero-order valence-electron chi connectivity index (χ0n) is 24.7. The van der Waals surface area contributed by atoms with E-state index in [4.69, 9.17) is 20.0 Å². The number of aromatic nitrogens is 5. The van der Waals surface area contributed by atoms with Crippen molar-refractivity contribution in [3.63, 3.8) is 0 Å². The van der Waals surface area contributed by atoms with E-state index in [1.807, 2.05) is 37.5 Å². The van der Waals surface area contributed by atoms with Crippen molar-refractivity contribution in [2.75, 3.05) is 18.0 Å². The van der Waals surface area contributed by atoms with Crippen molar-refractivity contribution in [2.45, 2.75) is 44.6 Å². The van der Waals surface area contributed by atoms with Gasteiger partial charge in [-0.3, -0.25) is 9.58 Å². The molecule has 5 aromatic rings. The zero-order valence-corrected chi connectivity index (χ0v) is 24.7. The molecule has 0 spiro atoms. The number of nitriles is 1. The van der Waals surface area contributed by atoms with Crippen LogP contribution in [0.3, 0.4) is 0 Å². The number of carboxylic acids is 1. The van der Waals surface area contributed by atoms with Crippen LogP contribution in [0.25, 0.3) is 11.0 Å². The maximum absolute atomic E-state index is 14.4. The Labute approximate surface area is 258 Å². The lowest BCUT2D eigenvalue weighted by Crippen LogP contribution is -2.64. The molecule has 1 N–H and O–H groups in total. The van der Waals surface area contributed by atoms with Crippen molar-refractivity contribution < 1.29 is 19.0 Å². The third-order valence-corrected chi connectivity index (χ3v) is 8.77. The minimum absolute atomic E-state index is 0.0152. The Morgan fingerprint density at radius 1 is 1.07 bits per heavy atom. The summed E-state index contributed by atoms with van der Waals surface area (Å²) in [5.41, 5.74) is 3.27. The first-order chi connectivity index (χ1) is 21.9. The van der Waals surface area contributed by atoms with Crippen molar-refractivity contribution in [1.82, 2.24) is 29.2 Å². The fraction of sp³-hybridized carbons (Fsp3) is 0.303. The number of benzene rings is 2. The van der Waals surface area contributed by atoms with E-state index in [1.165, 1.54) is 6.07 Å². The Balaban J connectivity index is 1.08. The molecule has 3 aromatic heterocycles. The lowest BCUT2D eigenvalue weighted by Gasteiger charge is -2.54. The number of hydrogen-bond donors (Lipinski definition) is 1. The van der Waals surface area contributed by atoms with Gasteiger partial charge in [0.05, 0.1) is 47.0 Å². The fourth-order valence-corrected chi connectivity index (χ4v) is 6.33. The molecule has 0 bridgehead atoms. The molecule has 45 heavy (non-hydrogen) atoms. The van der Waals surface area contributed by atoms with Crippen molar-refractivity contribution >= 4 is 22.8 Å². The largest absolute Gasteiger partial charge is 0.478 e. The fourth-order valence-electron chi connectivity index (χ4n) is 6.33. The van der Waals surface area contributed by atoms with Crippen molar-refractivity contribution in [3.8, 4) is 11.9 Å². The van der Waals surface area contributed by atoms with Gasteiger partial charge in [-0.1, -0.05) is 12.1 Å². The number of rotatable bonds is 9. The van der Waals surface area contributed by atoms with Crippen molar-refractivity contribution in [2.24, 2.45) is 7.05 Å². The van der Waals surface area contributed by atoms with Gasteiger partial charge in [0.15, 0.2) is 0 Å². The highest BCUT2D eigenvalue weighted by Gasteiger charge is 2.43. The maximum atomic E-state index is 14.4. The summed E-state index contributed by atoms with van der Waals surface area (Å²) in [6.45, 7) is 2.71. The van der Waals surface area contributed by atoms with Crippen LogP contribution >= 0.6 is 0 Å². The first-order valence-corrected chi connectivity index (χ1v) is 14.9. The first kappa shape index (κ1) is 28.5. The minimum Gasteiger partial charge on any atom is -0.478 e. The van der Waals surface area contributed by atoms with Crippen LogP contribution in [0.2, 0.25) is 0 Å². The van der Waals surface area contributed by atoms with Gasteiger partial charge >= 0.3 is 5.97 Å². The van der Waals surface area contributed by atoms with Gasteiger partial charge in [0.1, 0.15) is 24.1 Å². The number of anilines is 1. The number of halogens is 1. The zero-order chi connectivity index (χ0) is 31.1. The second kappa shape index (κ2) is 11.7. The quantitative estimate of drug-likeness (QED) is 0.261. The Hall–Kier alpha value is -5.28. The van der Waals surface area contributed by atoms with Crippen LogP contribution in [-0.2, 0) is 26.7 Å². The summed E-state index contributed by atoms with van der Waals surface area (Å²) in [7, 11) is 1.88. The standard InChI is InChI=1S/C33H31FN8O3/c1-39-12-11-24(38-39)18-42-29-16-22(33(43)44)7-8-26(29)36-31(42)19-40-13-14-41(28-10-9-27(28)40)30-3-2-4-32(37-30)45-20-23-6-5-21(17-35)15-25(23)34/h2-8,11-12,15-16,27-28H,9-10,13-14,18-20H2,1H3,(H,43,44)/t27-,28+/m1/s1. The number of aromatic carboxylic acids is 1. The second-order valence-corrected chi connectivity index (χ2v) is 11.5. The van der Waals surface area contributed by atoms with Crippen LogP contribution in [0.4, 0.5) is 10.2 Å². The average Bonchev–Trinajstić information content (AvgIpc) is 3.59. The normalized spacial score (nSPS) is 17.9. The van der Waals surface area contributed by atoms with Crippen LogP contribution in [0.15, 0.2) is 66.9 Å². The van der Waals surface area contributed by atoms with Gasteiger partial charge in [0.25, 0.3) is 0 Å². The smallest absolute Gasteiger partial charge is 0.335 e. The Morgan fingerprint density at radius 2 is 1.93 bits per heavy atom. The molecule has 4 heterocycles. The summed E-state index contributed by atoms with van der Waals surface area (Å²) in [4.78, 5) is 26.2. The van der Waals surface area contributed by atoms with E-state index >= 15 is 0 Å². The topological polar surface area (TPSA) is 125 Å². The Morgan fingerprint density at radius 3 is 2.67 bits per heavy atom. The van der Waals surface area contributed by atoms with E-state index < -0.39 is 11.8 Å². The predicted octanol–water partition coefficient (Wildman–Crippen LogP) is 4.35. The molecule has 2 fully saturated rings. The highest BCUT2D eigenvalue weighted by molar-refractivity contribution is 5.92. The monoisotopic (exact) mass is 606 g/mol. The second-order valence-electron chi connectivity index (χ2n) is 11.5. The molecule has 1 saturated heterocycles. The summed E-state index contributed by atoms with van der Waals surface area (Å²) >= 11 is 0. The van der Waals surface area contributed by atoms with Crippen LogP contribution in [0.1, 0.15) is 45.8 Å². The SMILES string of the molecule is Cn1ccc(Cn2c(CN3CCN(c4cccc(OCc5ccc(C#N)cc5F)n4)[C@H]4CC[C@H]43)nc3ccc(C(=O)O)cc32)n1. The maximum Gasteiger partial charge on any atom is 0.335 e. The molecule has 2 aromatic carbocycles. The molecule has 228 valence electrons. The van der Waals surface area contributed by atoms with Gasteiger partial charge in [-0.25, -0.2) is 14.2 Å². The molecule has 12 heteroatoms. The molecular formula is C33H31FN8O3. The molecule has 0 amide bonds.